The molecule has 104 valence electrons. The Bertz CT molecular complexity index is 593. The van der Waals surface area contributed by atoms with Crippen LogP contribution in [0.4, 0.5) is 4.39 Å². The highest BCUT2D eigenvalue weighted by atomic mass is 19.1. The number of rotatable bonds is 4. The van der Waals surface area contributed by atoms with E-state index in [1.165, 1.54) is 12.1 Å². The summed E-state index contributed by atoms with van der Waals surface area (Å²) in [4.78, 5) is 12.0. The molecule has 0 aliphatic heterocycles. The molecule has 1 amide bonds. The van der Waals surface area contributed by atoms with Crippen LogP contribution in [0.5, 0.6) is 0 Å². The molecule has 2 rings (SSSR count). The summed E-state index contributed by atoms with van der Waals surface area (Å²) in [6.07, 6.45) is 0. The Labute approximate surface area is 118 Å². The van der Waals surface area contributed by atoms with Gasteiger partial charge in [-0.3, -0.25) is 4.79 Å². The van der Waals surface area contributed by atoms with E-state index in [1.807, 2.05) is 44.2 Å². The van der Waals surface area contributed by atoms with Crippen LogP contribution in [-0.4, -0.2) is 12.5 Å². The average molecular weight is 271 g/mol. The van der Waals surface area contributed by atoms with E-state index in [0.29, 0.717) is 23.6 Å². The van der Waals surface area contributed by atoms with Crippen molar-refractivity contribution >= 4 is 5.91 Å². The topological polar surface area (TPSA) is 29.1 Å². The number of amides is 1. The average Bonchev–Trinajstić information content (AvgIpc) is 2.45. The van der Waals surface area contributed by atoms with Gasteiger partial charge in [-0.25, -0.2) is 4.39 Å². The van der Waals surface area contributed by atoms with Gasteiger partial charge < -0.3 is 5.32 Å². The Morgan fingerprint density at radius 3 is 2.45 bits per heavy atom. The lowest BCUT2D eigenvalue weighted by molar-refractivity contribution is 0.0948. The van der Waals surface area contributed by atoms with Crippen molar-refractivity contribution in [1.82, 2.24) is 5.32 Å². The second-order valence-electron chi connectivity index (χ2n) is 5.20. The third-order valence-electron chi connectivity index (χ3n) is 2.94. The van der Waals surface area contributed by atoms with Crippen LogP contribution >= 0.6 is 0 Å². The summed E-state index contributed by atoms with van der Waals surface area (Å²) in [6.45, 7) is 4.61. The maximum atomic E-state index is 13.7. The standard InChI is InChI=1S/C17H18FNO/c1-12(2)11-19-17(20)15-8-14(9-16(18)10-15)13-6-4-3-5-7-13/h3-10,12H,11H2,1-2H3,(H,19,20). The summed E-state index contributed by atoms with van der Waals surface area (Å²) < 4.78 is 13.7. The Kier molecular flexibility index (Phi) is 4.51. The van der Waals surface area contributed by atoms with E-state index in [2.05, 4.69) is 5.32 Å². The highest BCUT2D eigenvalue weighted by Crippen LogP contribution is 2.21. The molecule has 0 aliphatic carbocycles. The van der Waals surface area contributed by atoms with E-state index in [4.69, 9.17) is 0 Å². The first kappa shape index (κ1) is 14.3. The summed E-state index contributed by atoms with van der Waals surface area (Å²) in [5, 5.41) is 2.80. The molecule has 0 aliphatic rings. The molecule has 0 unspecified atom stereocenters. The molecular weight excluding hydrogens is 253 g/mol. The molecule has 0 atom stereocenters. The predicted octanol–water partition coefficient (Wildman–Crippen LogP) is 3.88. The van der Waals surface area contributed by atoms with Gasteiger partial charge in [0.1, 0.15) is 5.82 Å². The molecule has 0 bridgehead atoms. The molecule has 20 heavy (non-hydrogen) atoms. The van der Waals surface area contributed by atoms with Gasteiger partial charge in [-0.15, -0.1) is 0 Å². The lowest BCUT2D eigenvalue weighted by atomic mass is 10.0. The van der Waals surface area contributed by atoms with Crippen LogP contribution in [0, 0.1) is 11.7 Å². The van der Waals surface area contributed by atoms with Crippen molar-refractivity contribution in [3.05, 3.63) is 59.9 Å². The van der Waals surface area contributed by atoms with E-state index < -0.39 is 5.82 Å². The van der Waals surface area contributed by atoms with Crippen molar-refractivity contribution in [1.29, 1.82) is 0 Å². The molecule has 0 heterocycles. The van der Waals surface area contributed by atoms with Crippen LogP contribution in [0.15, 0.2) is 48.5 Å². The number of halogens is 1. The quantitative estimate of drug-likeness (QED) is 0.898. The van der Waals surface area contributed by atoms with Gasteiger partial charge in [-0.1, -0.05) is 44.2 Å². The van der Waals surface area contributed by atoms with Crippen LogP contribution in [0.25, 0.3) is 11.1 Å². The fraction of sp³-hybridized carbons (Fsp3) is 0.235. The Morgan fingerprint density at radius 1 is 1.10 bits per heavy atom. The number of carbonyl (C=O) groups is 1. The summed E-state index contributed by atoms with van der Waals surface area (Å²) in [7, 11) is 0. The van der Waals surface area contributed by atoms with Crippen molar-refractivity contribution in [2.75, 3.05) is 6.54 Å². The number of carbonyl (C=O) groups excluding carboxylic acids is 1. The van der Waals surface area contributed by atoms with Crippen LogP contribution < -0.4 is 5.32 Å². The monoisotopic (exact) mass is 271 g/mol. The summed E-state index contributed by atoms with van der Waals surface area (Å²) in [6, 6.07) is 13.9. The van der Waals surface area contributed by atoms with E-state index in [9.17, 15) is 9.18 Å². The molecule has 0 aromatic heterocycles. The minimum absolute atomic E-state index is 0.240. The minimum Gasteiger partial charge on any atom is -0.352 e. The summed E-state index contributed by atoms with van der Waals surface area (Å²) in [5.41, 5.74) is 1.95. The van der Waals surface area contributed by atoms with Crippen LogP contribution in [-0.2, 0) is 0 Å². The van der Waals surface area contributed by atoms with Crippen molar-refractivity contribution in [3.63, 3.8) is 0 Å². The van der Waals surface area contributed by atoms with E-state index in [1.54, 1.807) is 6.07 Å². The number of hydrogen-bond donors (Lipinski definition) is 1. The molecule has 2 aromatic rings. The fourth-order valence-electron chi connectivity index (χ4n) is 1.92. The first-order valence-corrected chi connectivity index (χ1v) is 6.70. The van der Waals surface area contributed by atoms with Gasteiger partial charge in [0.05, 0.1) is 0 Å². The Hall–Kier alpha value is -2.16. The Morgan fingerprint density at radius 2 is 1.80 bits per heavy atom. The van der Waals surface area contributed by atoms with E-state index in [-0.39, 0.29) is 5.91 Å². The van der Waals surface area contributed by atoms with Crippen molar-refractivity contribution in [3.8, 4) is 11.1 Å². The minimum atomic E-state index is -0.402. The van der Waals surface area contributed by atoms with Gasteiger partial charge in [0.2, 0.25) is 0 Å². The lowest BCUT2D eigenvalue weighted by Gasteiger charge is -2.09. The highest BCUT2D eigenvalue weighted by Gasteiger charge is 2.10. The van der Waals surface area contributed by atoms with Gasteiger partial charge in [0, 0.05) is 12.1 Å². The smallest absolute Gasteiger partial charge is 0.251 e. The van der Waals surface area contributed by atoms with Gasteiger partial charge in [0.25, 0.3) is 5.91 Å². The molecule has 0 saturated carbocycles. The largest absolute Gasteiger partial charge is 0.352 e. The maximum Gasteiger partial charge on any atom is 0.251 e. The molecule has 0 spiro atoms. The van der Waals surface area contributed by atoms with E-state index in [0.717, 1.165) is 5.56 Å². The molecule has 1 N–H and O–H groups in total. The van der Waals surface area contributed by atoms with Gasteiger partial charge >= 0.3 is 0 Å². The van der Waals surface area contributed by atoms with Crippen LogP contribution in [0.2, 0.25) is 0 Å². The van der Waals surface area contributed by atoms with Gasteiger partial charge in [0.15, 0.2) is 0 Å². The maximum absolute atomic E-state index is 13.7. The summed E-state index contributed by atoms with van der Waals surface area (Å²) >= 11 is 0. The summed E-state index contributed by atoms with van der Waals surface area (Å²) in [5.74, 6) is -0.280. The molecule has 2 nitrogen and oxygen atoms in total. The van der Waals surface area contributed by atoms with Crippen LogP contribution in [0.3, 0.4) is 0 Å². The fourth-order valence-corrected chi connectivity index (χ4v) is 1.92. The normalized spacial score (nSPS) is 10.6. The van der Waals surface area contributed by atoms with Gasteiger partial charge in [-0.05, 0) is 35.2 Å². The van der Waals surface area contributed by atoms with Crippen LogP contribution in [0.1, 0.15) is 24.2 Å². The zero-order valence-electron chi connectivity index (χ0n) is 11.7. The highest BCUT2D eigenvalue weighted by molar-refractivity contribution is 5.95. The zero-order valence-corrected chi connectivity index (χ0v) is 11.7. The first-order valence-electron chi connectivity index (χ1n) is 6.70. The zero-order chi connectivity index (χ0) is 14.5. The Balaban J connectivity index is 2.27. The SMILES string of the molecule is CC(C)CNC(=O)c1cc(F)cc(-c2ccccc2)c1. The first-order chi connectivity index (χ1) is 9.56. The third-order valence-corrected chi connectivity index (χ3v) is 2.94. The van der Waals surface area contributed by atoms with Crippen molar-refractivity contribution < 1.29 is 9.18 Å². The molecular formula is C17H18FNO. The molecule has 3 heteroatoms. The molecule has 2 aromatic carbocycles. The van der Waals surface area contributed by atoms with Crippen molar-refractivity contribution in [2.24, 2.45) is 5.92 Å². The van der Waals surface area contributed by atoms with Crippen molar-refractivity contribution in [2.45, 2.75) is 13.8 Å². The molecule has 0 fully saturated rings. The number of hydrogen-bond acceptors (Lipinski definition) is 1. The second kappa shape index (κ2) is 6.33. The lowest BCUT2D eigenvalue weighted by Crippen LogP contribution is -2.27. The molecule has 0 radical (unpaired) electrons. The third kappa shape index (κ3) is 3.67. The number of benzene rings is 2. The van der Waals surface area contributed by atoms with Gasteiger partial charge in [-0.2, -0.15) is 0 Å². The predicted molar refractivity (Wildman–Crippen MR) is 79.0 cm³/mol. The van der Waals surface area contributed by atoms with E-state index >= 15 is 0 Å². The molecule has 0 saturated heterocycles. The number of nitrogens with one attached hydrogen (secondary N) is 1. The second-order valence-corrected chi connectivity index (χ2v) is 5.20.